The molecular weight excluding hydrogens is 250 g/mol. The van der Waals surface area contributed by atoms with Crippen molar-refractivity contribution in [3.63, 3.8) is 0 Å². The van der Waals surface area contributed by atoms with Crippen LogP contribution in [0, 0.1) is 0 Å². The standard InChI is InChI=1S/C17H25NO2/c1-5-10-18-14(12-19-17(2,3)4)16-11-13-8-6-7-9-15(13)20-16/h6-9,11,14,18H,5,10,12H2,1-4H3. The van der Waals surface area contributed by atoms with Gasteiger partial charge >= 0.3 is 0 Å². The van der Waals surface area contributed by atoms with Crippen LogP contribution in [0.25, 0.3) is 11.0 Å². The number of para-hydroxylation sites is 1. The Bertz CT molecular complexity index is 506. The quantitative estimate of drug-likeness (QED) is 0.854. The molecule has 3 nitrogen and oxygen atoms in total. The molecule has 1 atom stereocenters. The minimum atomic E-state index is -0.141. The lowest BCUT2D eigenvalue weighted by Gasteiger charge is -2.24. The second-order valence-corrected chi connectivity index (χ2v) is 6.12. The molecule has 1 aromatic carbocycles. The average molecular weight is 275 g/mol. The van der Waals surface area contributed by atoms with Crippen LogP contribution in [0.4, 0.5) is 0 Å². The maximum absolute atomic E-state index is 5.95. The van der Waals surface area contributed by atoms with Crippen LogP contribution in [0.2, 0.25) is 0 Å². The van der Waals surface area contributed by atoms with Gasteiger partial charge < -0.3 is 14.5 Å². The Morgan fingerprint density at radius 2 is 2.00 bits per heavy atom. The molecule has 0 radical (unpaired) electrons. The van der Waals surface area contributed by atoms with Gasteiger partial charge in [-0.05, 0) is 45.9 Å². The number of nitrogens with one attached hydrogen (secondary N) is 1. The molecular formula is C17H25NO2. The molecule has 0 aliphatic heterocycles. The van der Waals surface area contributed by atoms with Crippen LogP contribution in [-0.2, 0) is 4.74 Å². The summed E-state index contributed by atoms with van der Waals surface area (Å²) < 4.78 is 11.9. The number of furan rings is 1. The van der Waals surface area contributed by atoms with Gasteiger partial charge in [0.2, 0.25) is 0 Å². The third kappa shape index (κ3) is 4.09. The van der Waals surface area contributed by atoms with Crippen LogP contribution in [0.15, 0.2) is 34.7 Å². The summed E-state index contributed by atoms with van der Waals surface area (Å²) >= 11 is 0. The Kier molecular flexibility index (Phi) is 4.84. The lowest BCUT2D eigenvalue weighted by Crippen LogP contribution is -2.30. The van der Waals surface area contributed by atoms with E-state index in [4.69, 9.17) is 9.15 Å². The first-order chi connectivity index (χ1) is 9.49. The van der Waals surface area contributed by atoms with Crippen molar-refractivity contribution in [1.82, 2.24) is 5.32 Å². The lowest BCUT2D eigenvalue weighted by molar-refractivity contribution is -0.0170. The maximum atomic E-state index is 5.95. The number of ether oxygens (including phenoxy) is 1. The SMILES string of the molecule is CCCNC(COC(C)(C)C)c1cc2ccccc2o1. The molecule has 110 valence electrons. The number of rotatable bonds is 6. The summed E-state index contributed by atoms with van der Waals surface area (Å²) in [7, 11) is 0. The smallest absolute Gasteiger partial charge is 0.134 e. The number of benzene rings is 1. The van der Waals surface area contributed by atoms with Crippen LogP contribution in [-0.4, -0.2) is 18.8 Å². The predicted molar refractivity (Wildman–Crippen MR) is 83.0 cm³/mol. The molecule has 20 heavy (non-hydrogen) atoms. The summed E-state index contributed by atoms with van der Waals surface area (Å²) in [5, 5.41) is 4.64. The third-order valence-electron chi connectivity index (χ3n) is 3.11. The molecule has 2 aromatic rings. The summed E-state index contributed by atoms with van der Waals surface area (Å²) in [6.45, 7) is 9.94. The molecule has 1 N–H and O–H groups in total. The van der Waals surface area contributed by atoms with E-state index in [1.54, 1.807) is 0 Å². The summed E-state index contributed by atoms with van der Waals surface area (Å²) in [4.78, 5) is 0. The van der Waals surface area contributed by atoms with Crippen molar-refractivity contribution >= 4 is 11.0 Å². The van der Waals surface area contributed by atoms with Crippen molar-refractivity contribution in [2.75, 3.05) is 13.2 Å². The van der Waals surface area contributed by atoms with Crippen LogP contribution < -0.4 is 5.32 Å². The Balaban J connectivity index is 2.16. The van der Waals surface area contributed by atoms with E-state index in [1.165, 1.54) is 0 Å². The molecule has 2 rings (SSSR count). The molecule has 0 fully saturated rings. The van der Waals surface area contributed by atoms with Crippen molar-refractivity contribution in [3.05, 3.63) is 36.1 Å². The third-order valence-corrected chi connectivity index (χ3v) is 3.11. The summed E-state index contributed by atoms with van der Waals surface area (Å²) in [5.41, 5.74) is 0.791. The minimum Gasteiger partial charge on any atom is -0.459 e. The number of hydrogen-bond acceptors (Lipinski definition) is 3. The fourth-order valence-electron chi connectivity index (χ4n) is 2.07. The molecule has 3 heteroatoms. The zero-order valence-corrected chi connectivity index (χ0v) is 12.9. The highest BCUT2D eigenvalue weighted by Gasteiger charge is 2.19. The fourth-order valence-corrected chi connectivity index (χ4v) is 2.07. The van der Waals surface area contributed by atoms with Gasteiger partial charge in [-0.2, -0.15) is 0 Å². The molecule has 0 spiro atoms. The van der Waals surface area contributed by atoms with E-state index in [-0.39, 0.29) is 11.6 Å². The van der Waals surface area contributed by atoms with Crippen molar-refractivity contribution in [1.29, 1.82) is 0 Å². The molecule has 0 saturated heterocycles. The van der Waals surface area contributed by atoms with E-state index in [9.17, 15) is 0 Å². The van der Waals surface area contributed by atoms with Crippen molar-refractivity contribution in [2.24, 2.45) is 0 Å². The van der Waals surface area contributed by atoms with Gasteiger partial charge in [-0.3, -0.25) is 0 Å². The maximum Gasteiger partial charge on any atom is 0.134 e. The largest absolute Gasteiger partial charge is 0.459 e. The Morgan fingerprint density at radius 3 is 2.65 bits per heavy atom. The first kappa shape index (κ1) is 15.1. The first-order valence-corrected chi connectivity index (χ1v) is 7.35. The summed E-state index contributed by atoms with van der Waals surface area (Å²) in [5.74, 6) is 0.948. The predicted octanol–water partition coefficient (Wildman–Crippen LogP) is 4.29. The number of hydrogen-bond donors (Lipinski definition) is 1. The van der Waals surface area contributed by atoms with Gasteiger partial charge in [0.05, 0.1) is 18.2 Å². The lowest BCUT2D eigenvalue weighted by atomic mass is 10.1. The second kappa shape index (κ2) is 6.42. The molecule has 0 aliphatic carbocycles. The van der Waals surface area contributed by atoms with E-state index < -0.39 is 0 Å². The number of fused-ring (bicyclic) bond motifs is 1. The highest BCUT2D eigenvalue weighted by molar-refractivity contribution is 5.77. The zero-order valence-electron chi connectivity index (χ0n) is 12.9. The average Bonchev–Trinajstić information content (AvgIpc) is 2.81. The molecule has 0 bridgehead atoms. The minimum absolute atomic E-state index is 0.0987. The zero-order chi connectivity index (χ0) is 14.6. The van der Waals surface area contributed by atoms with Crippen LogP contribution in [0.3, 0.4) is 0 Å². The van der Waals surface area contributed by atoms with Crippen LogP contribution in [0.5, 0.6) is 0 Å². The Morgan fingerprint density at radius 1 is 1.25 bits per heavy atom. The van der Waals surface area contributed by atoms with E-state index in [2.05, 4.69) is 45.1 Å². The normalized spacial score (nSPS) is 13.8. The molecule has 0 amide bonds. The first-order valence-electron chi connectivity index (χ1n) is 7.35. The van der Waals surface area contributed by atoms with Gasteiger partial charge in [-0.25, -0.2) is 0 Å². The van der Waals surface area contributed by atoms with Crippen LogP contribution >= 0.6 is 0 Å². The van der Waals surface area contributed by atoms with Gasteiger partial charge in [-0.15, -0.1) is 0 Å². The van der Waals surface area contributed by atoms with E-state index in [0.29, 0.717) is 6.61 Å². The van der Waals surface area contributed by atoms with E-state index >= 15 is 0 Å². The van der Waals surface area contributed by atoms with Crippen molar-refractivity contribution in [2.45, 2.75) is 45.8 Å². The van der Waals surface area contributed by atoms with Crippen molar-refractivity contribution in [3.8, 4) is 0 Å². The highest BCUT2D eigenvalue weighted by Crippen LogP contribution is 2.25. The molecule has 0 aliphatic rings. The van der Waals surface area contributed by atoms with E-state index in [0.717, 1.165) is 29.7 Å². The van der Waals surface area contributed by atoms with Gasteiger partial charge in [0, 0.05) is 5.39 Å². The fraction of sp³-hybridized carbons (Fsp3) is 0.529. The Hall–Kier alpha value is -1.32. The van der Waals surface area contributed by atoms with Crippen LogP contribution in [0.1, 0.15) is 45.9 Å². The monoisotopic (exact) mass is 275 g/mol. The molecule has 1 heterocycles. The van der Waals surface area contributed by atoms with Gasteiger partial charge in [0.25, 0.3) is 0 Å². The molecule has 0 saturated carbocycles. The highest BCUT2D eigenvalue weighted by atomic mass is 16.5. The molecule has 1 aromatic heterocycles. The molecule has 1 unspecified atom stereocenters. The second-order valence-electron chi connectivity index (χ2n) is 6.12. The van der Waals surface area contributed by atoms with Gasteiger partial charge in [0.1, 0.15) is 11.3 Å². The van der Waals surface area contributed by atoms with Crippen molar-refractivity contribution < 1.29 is 9.15 Å². The topological polar surface area (TPSA) is 34.4 Å². The van der Waals surface area contributed by atoms with Gasteiger partial charge in [-0.1, -0.05) is 25.1 Å². The van der Waals surface area contributed by atoms with Gasteiger partial charge in [0.15, 0.2) is 0 Å². The Labute approximate surface area is 121 Å². The summed E-state index contributed by atoms with van der Waals surface area (Å²) in [6, 6.07) is 10.3. The van der Waals surface area contributed by atoms with E-state index in [1.807, 2.05) is 18.2 Å². The summed E-state index contributed by atoms with van der Waals surface area (Å²) in [6.07, 6.45) is 1.09.